The van der Waals surface area contributed by atoms with E-state index in [2.05, 4.69) is 5.43 Å². The van der Waals surface area contributed by atoms with Crippen molar-refractivity contribution in [1.82, 2.24) is 10.3 Å². The molecule has 0 aliphatic heterocycles. The van der Waals surface area contributed by atoms with Gasteiger partial charge in [-0.25, -0.2) is 5.84 Å². The molecule has 0 heterocycles. The Hall–Kier alpha value is -1.92. The Morgan fingerprint density at radius 3 is 2.71 bits per heavy atom. The fraction of sp³-hybridized carbons (Fsp3) is 0.273. The maximum absolute atomic E-state index is 11.3. The molecule has 1 aromatic carbocycles. The third-order valence-corrected chi connectivity index (χ3v) is 2.20. The van der Waals surface area contributed by atoms with E-state index in [1.807, 2.05) is 6.07 Å². The number of hydrogen-bond acceptors (Lipinski definition) is 4. The minimum Gasteiger partial charge on any atom is -0.369 e. The van der Waals surface area contributed by atoms with E-state index in [-0.39, 0.29) is 18.4 Å². The number of hydrogen-bond donors (Lipinski definition) is 3. The molecule has 0 fully saturated rings. The zero-order valence-electron chi connectivity index (χ0n) is 9.64. The first-order valence-electron chi connectivity index (χ1n) is 5.09. The second-order valence-corrected chi connectivity index (χ2v) is 3.81. The van der Waals surface area contributed by atoms with Gasteiger partial charge in [0.1, 0.15) is 0 Å². The maximum Gasteiger partial charge on any atom is 0.265 e. The summed E-state index contributed by atoms with van der Waals surface area (Å²) in [6.45, 7) is 0.710. The molecule has 0 radical (unpaired) electrons. The Balaban J connectivity index is 2.72. The first kappa shape index (κ1) is 13.1. The number of primary amides is 1. The number of nitrogens with two attached hydrogens (primary N) is 2. The van der Waals surface area contributed by atoms with Crippen LogP contribution in [0.5, 0.6) is 0 Å². The van der Waals surface area contributed by atoms with Gasteiger partial charge in [-0.3, -0.25) is 19.9 Å². The van der Waals surface area contributed by atoms with Gasteiger partial charge in [-0.1, -0.05) is 12.1 Å². The second kappa shape index (κ2) is 5.97. The van der Waals surface area contributed by atoms with Crippen LogP contribution in [0.3, 0.4) is 0 Å². The number of nitrogen functional groups attached to an aromatic ring is 1. The Morgan fingerprint density at radius 2 is 2.12 bits per heavy atom. The Bertz CT molecular complexity index is 420. The molecule has 0 saturated heterocycles. The summed E-state index contributed by atoms with van der Waals surface area (Å²) in [6, 6.07) is 7.02. The summed E-state index contributed by atoms with van der Waals surface area (Å²) in [6.07, 6.45) is 0. The molecule has 6 nitrogen and oxygen atoms in total. The van der Waals surface area contributed by atoms with Crippen molar-refractivity contribution in [3.63, 3.8) is 0 Å². The number of rotatable bonds is 5. The summed E-state index contributed by atoms with van der Waals surface area (Å²) in [4.78, 5) is 23.8. The summed E-state index contributed by atoms with van der Waals surface area (Å²) < 4.78 is 0. The lowest BCUT2D eigenvalue weighted by Gasteiger charge is -2.14. The van der Waals surface area contributed by atoms with Crippen LogP contribution in [-0.2, 0) is 11.3 Å². The van der Waals surface area contributed by atoms with Crippen molar-refractivity contribution in [2.75, 3.05) is 13.6 Å². The van der Waals surface area contributed by atoms with Crippen molar-refractivity contribution in [2.24, 2.45) is 11.6 Å². The molecule has 0 atom stereocenters. The Labute approximate surface area is 99.5 Å². The van der Waals surface area contributed by atoms with Gasteiger partial charge >= 0.3 is 0 Å². The van der Waals surface area contributed by atoms with Crippen LogP contribution in [0.15, 0.2) is 24.3 Å². The molecule has 0 saturated carbocycles. The molecule has 0 bridgehead atoms. The number of benzene rings is 1. The fourth-order valence-electron chi connectivity index (χ4n) is 1.53. The predicted molar refractivity (Wildman–Crippen MR) is 63.6 cm³/mol. The third kappa shape index (κ3) is 4.21. The van der Waals surface area contributed by atoms with Crippen molar-refractivity contribution in [1.29, 1.82) is 0 Å². The van der Waals surface area contributed by atoms with Gasteiger partial charge in [0.15, 0.2) is 0 Å². The highest BCUT2D eigenvalue weighted by Crippen LogP contribution is 2.07. The molecule has 0 aromatic heterocycles. The minimum atomic E-state index is -0.386. The maximum atomic E-state index is 11.3. The molecule has 0 spiro atoms. The molecule has 0 aliphatic carbocycles. The highest BCUT2D eigenvalue weighted by Gasteiger charge is 2.07. The van der Waals surface area contributed by atoms with Gasteiger partial charge in [-0.05, 0) is 24.7 Å². The second-order valence-electron chi connectivity index (χ2n) is 3.81. The van der Waals surface area contributed by atoms with Crippen molar-refractivity contribution in [3.8, 4) is 0 Å². The van der Waals surface area contributed by atoms with Gasteiger partial charge < -0.3 is 5.73 Å². The standard InChI is InChI=1S/C11H16N4O2/c1-15(7-10(12)16)6-8-3-2-4-9(5-8)11(17)14-13/h2-5H,6-7,13H2,1H3,(H2,12,16)(H,14,17). The van der Waals surface area contributed by atoms with E-state index in [1.165, 1.54) is 0 Å². The van der Waals surface area contributed by atoms with Crippen molar-refractivity contribution >= 4 is 11.8 Å². The number of nitrogens with zero attached hydrogens (tertiary/aromatic N) is 1. The zero-order valence-corrected chi connectivity index (χ0v) is 9.64. The molecule has 17 heavy (non-hydrogen) atoms. The van der Waals surface area contributed by atoms with E-state index in [9.17, 15) is 9.59 Å². The molecule has 6 heteroatoms. The van der Waals surface area contributed by atoms with E-state index in [0.29, 0.717) is 12.1 Å². The SMILES string of the molecule is CN(CC(N)=O)Cc1cccc(C(=O)NN)c1. The average Bonchev–Trinajstić information content (AvgIpc) is 2.27. The van der Waals surface area contributed by atoms with Crippen LogP contribution in [0, 0.1) is 0 Å². The predicted octanol–water partition coefficient (Wildman–Crippen LogP) is -0.793. The molecule has 2 amide bonds. The lowest BCUT2D eigenvalue weighted by atomic mass is 10.1. The molecule has 92 valence electrons. The normalized spacial score (nSPS) is 10.3. The van der Waals surface area contributed by atoms with Crippen molar-refractivity contribution in [2.45, 2.75) is 6.54 Å². The lowest BCUT2D eigenvalue weighted by molar-refractivity contribution is -0.118. The van der Waals surface area contributed by atoms with Gasteiger partial charge in [-0.2, -0.15) is 0 Å². The zero-order chi connectivity index (χ0) is 12.8. The monoisotopic (exact) mass is 236 g/mol. The number of amides is 2. The Kier molecular flexibility index (Phi) is 4.62. The summed E-state index contributed by atoms with van der Waals surface area (Å²) in [5.74, 6) is 4.32. The lowest BCUT2D eigenvalue weighted by Crippen LogP contribution is -2.31. The van der Waals surface area contributed by atoms with Gasteiger partial charge in [0.2, 0.25) is 5.91 Å². The highest BCUT2D eigenvalue weighted by molar-refractivity contribution is 5.93. The molecule has 5 N–H and O–H groups in total. The average molecular weight is 236 g/mol. The van der Waals surface area contributed by atoms with Crippen LogP contribution in [0.25, 0.3) is 0 Å². The fourth-order valence-corrected chi connectivity index (χ4v) is 1.53. The van der Waals surface area contributed by atoms with Crippen molar-refractivity contribution in [3.05, 3.63) is 35.4 Å². The van der Waals surface area contributed by atoms with Crippen LogP contribution in [-0.4, -0.2) is 30.3 Å². The molecule has 1 aromatic rings. The first-order valence-corrected chi connectivity index (χ1v) is 5.09. The largest absolute Gasteiger partial charge is 0.369 e. The quantitative estimate of drug-likeness (QED) is 0.354. The summed E-state index contributed by atoms with van der Waals surface area (Å²) in [5.41, 5.74) is 8.55. The van der Waals surface area contributed by atoms with E-state index >= 15 is 0 Å². The minimum absolute atomic E-state index is 0.174. The van der Waals surface area contributed by atoms with E-state index in [1.54, 1.807) is 30.1 Å². The number of hydrazine groups is 1. The van der Waals surface area contributed by atoms with Crippen LogP contribution in [0.2, 0.25) is 0 Å². The van der Waals surface area contributed by atoms with E-state index in [4.69, 9.17) is 11.6 Å². The molecular formula is C11H16N4O2. The van der Waals surface area contributed by atoms with E-state index < -0.39 is 0 Å². The van der Waals surface area contributed by atoms with Crippen LogP contribution < -0.4 is 17.0 Å². The first-order chi connectivity index (χ1) is 8.02. The highest BCUT2D eigenvalue weighted by atomic mass is 16.2. The van der Waals surface area contributed by atoms with Gasteiger partial charge in [0, 0.05) is 12.1 Å². The van der Waals surface area contributed by atoms with Gasteiger partial charge in [-0.15, -0.1) is 0 Å². The topological polar surface area (TPSA) is 101 Å². The Morgan fingerprint density at radius 1 is 1.41 bits per heavy atom. The van der Waals surface area contributed by atoms with Crippen LogP contribution in [0.4, 0.5) is 0 Å². The molecule has 0 unspecified atom stereocenters. The molecular weight excluding hydrogens is 220 g/mol. The number of likely N-dealkylation sites (N-methyl/N-ethyl adjacent to an activating group) is 1. The summed E-state index contributed by atoms with van der Waals surface area (Å²) in [5, 5.41) is 0. The van der Waals surface area contributed by atoms with Crippen molar-refractivity contribution < 1.29 is 9.59 Å². The molecule has 1 rings (SSSR count). The molecule has 0 aliphatic rings. The van der Waals surface area contributed by atoms with Crippen LogP contribution >= 0.6 is 0 Å². The number of carbonyl (C=O) groups is 2. The summed E-state index contributed by atoms with van der Waals surface area (Å²) >= 11 is 0. The smallest absolute Gasteiger partial charge is 0.265 e. The van der Waals surface area contributed by atoms with Crippen LogP contribution in [0.1, 0.15) is 15.9 Å². The number of nitrogens with one attached hydrogen (secondary N) is 1. The summed E-state index contributed by atoms with van der Waals surface area (Å²) in [7, 11) is 1.78. The number of carbonyl (C=O) groups excluding carboxylic acids is 2. The van der Waals surface area contributed by atoms with Gasteiger partial charge in [0.25, 0.3) is 5.91 Å². The van der Waals surface area contributed by atoms with E-state index in [0.717, 1.165) is 5.56 Å². The van der Waals surface area contributed by atoms with Gasteiger partial charge in [0.05, 0.1) is 6.54 Å². The third-order valence-electron chi connectivity index (χ3n) is 2.20.